The van der Waals surface area contributed by atoms with Crippen molar-refractivity contribution in [3.8, 4) is 0 Å². The molecule has 0 bridgehead atoms. The molecule has 6 amide bonds. The summed E-state index contributed by atoms with van der Waals surface area (Å²) in [7, 11) is 1.31. The summed E-state index contributed by atoms with van der Waals surface area (Å²) in [6, 6.07) is -5.00. The second-order valence-electron chi connectivity index (χ2n) is 26.1. The molecule has 0 aromatic rings. The van der Waals surface area contributed by atoms with Gasteiger partial charge < -0.3 is 95.1 Å². The number of aliphatic hydroxyl groups excluding tert-OH is 3. The summed E-state index contributed by atoms with van der Waals surface area (Å²) in [6.07, 6.45) is -12.8. The molecule has 25 nitrogen and oxygen atoms in total. The van der Waals surface area contributed by atoms with Gasteiger partial charge in [-0.3, -0.25) is 4.79 Å². The molecule has 25 heteroatoms. The predicted molar refractivity (Wildman–Crippen MR) is 280 cm³/mol. The molecular weight excluding hydrogens is 1010 g/mol. The summed E-state index contributed by atoms with van der Waals surface area (Å²) in [5, 5.41) is 64.6. The quantitative estimate of drug-likeness (QED) is 0.0990. The largest absolute Gasteiger partial charge is 0.491 e. The lowest BCUT2D eigenvalue weighted by molar-refractivity contribution is -0.305. The van der Waals surface area contributed by atoms with Crippen molar-refractivity contribution in [3.05, 3.63) is 11.8 Å². The van der Waals surface area contributed by atoms with E-state index < -0.39 is 155 Å². The van der Waals surface area contributed by atoms with Crippen molar-refractivity contribution >= 4 is 36.4 Å². The lowest BCUT2D eigenvalue weighted by Crippen LogP contribution is -2.71. The number of likely N-dealkylation sites (N-methyl/N-ethyl adjacent to an activating group) is 1. The Balaban J connectivity index is 2.17. The average Bonchev–Trinajstić information content (AvgIpc) is 3.21. The van der Waals surface area contributed by atoms with E-state index in [0.29, 0.717) is 12.3 Å². The van der Waals surface area contributed by atoms with Gasteiger partial charge in [0.25, 0.3) is 5.91 Å². The van der Waals surface area contributed by atoms with Gasteiger partial charge in [-0.25, -0.2) is 24.0 Å². The number of carbonyl (C=O) groups is 6. The summed E-state index contributed by atoms with van der Waals surface area (Å²) in [5.41, 5.74) is -6.91. The van der Waals surface area contributed by atoms with Crippen LogP contribution >= 0.6 is 0 Å². The Labute approximate surface area is 454 Å². The Kier molecular flexibility index (Phi) is 22.3. The van der Waals surface area contributed by atoms with Crippen LogP contribution in [0.25, 0.3) is 0 Å². The van der Waals surface area contributed by atoms with Gasteiger partial charge in [-0.15, -0.1) is 0 Å². The number of ether oxygens (including phenoxy) is 8. The molecule has 1 aliphatic carbocycles. The first-order chi connectivity index (χ1) is 34.9. The van der Waals surface area contributed by atoms with Gasteiger partial charge in [-0.2, -0.15) is 0 Å². The standard InChI is InChI=1S/C52H93N7O18/c1-46(2,3)73-41(64)54-24-32(60)39(63)56-31-22-30(58-44(67)76-49(10,11)12)33(34(61)37(31)72-40-35(62)38(52(18,69)27-70-40)59(19)45(68)77-50(13,14)15)36-29(57-43(66)75-48(7,8)9)21-20-28(71-36)23-53-25-51(16,17)26-55-42(65)74-47(4,5)6/h20,29-38,40,53,60-62,69H,21-27H2,1-19H3,(H,54,64)(H,55,65)(H,56,63)(H,57,66)(H,58,67)/t29-,30+,31-,32+,33-,34+,35-,36?,37+,38-,40-,52+/m1/s1. The Morgan fingerprint density at radius 1 is 0.688 bits per heavy atom. The molecule has 1 saturated heterocycles. The van der Waals surface area contributed by atoms with E-state index in [1.54, 1.807) is 110 Å². The minimum Gasteiger partial charge on any atom is -0.491 e. The van der Waals surface area contributed by atoms with Crippen molar-refractivity contribution in [2.45, 2.75) is 232 Å². The lowest BCUT2D eigenvalue weighted by atomic mass is 9.72. The van der Waals surface area contributed by atoms with Crippen LogP contribution in [-0.4, -0.2) is 196 Å². The van der Waals surface area contributed by atoms with Crippen molar-refractivity contribution in [1.82, 2.24) is 36.8 Å². The Bertz CT molecular complexity index is 2050. The SMILES string of the molecule is CN(C(=O)OC(C)(C)C)[C@@H]1[C@@H](O)[C@@H](O[C@@H]2[C@@H](O)[C@H](C3OC(CNCC(C)(C)CNC(=O)OC(C)(C)C)=CC[C@H]3NC(=O)OC(C)(C)C)[C@@H](NC(=O)OC(C)(C)C)C[C@H]2NC(=O)[C@@H](O)CNC(=O)OC(C)(C)C)OC[C@]1(C)O. The van der Waals surface area contributed by atoms with Gasteiger partial charge in [-0.05, 0) is 135 Å². The summed E-state index contributed by atoms with van der Waals surface area (Å²) in [4.78, 5) is 80.8. The van der Waals surface area contributed by atoms with Crippen LogP contribution in [0.1, 0.15) is 137 Å². The number of aliphatic hydroxyl groups is 4. The van der Waals surface area contributed by atoms with E-state index in [4.69, 9.17) is 37.9 Å². The highest BCUT2D eigenvalue weighted by Gasteiger charge is 2.57. The molecule has 0 spiro atoms. The highest BCUT2D eigenvalue weighted by molar-refractivity contribution is 5.82. The number of alkyl carbamates (subject to hydrolysis) is 4. The fourth-order valence-electron chi connectivity index (χ4n) is 8.77. The Morgan fingerprint density at radius 2 is 1.18 bits per heavy atom. The van der Waals surface area contributed by atoms with E-state index in [-0.39, 0.29) is 25.9 Å². The van der Waals surface area contributed by atoms with E-state index >= 15 is 0 Å². The molecule has 77 heavy (non-hydrogen) atoms. The third-order valence-corrected chi connectivity index (χ3v) is 11.8. The molecular formula is C52H93N7O18. The molecule has 10 N–H and O–H groups in total. The first-order valence-corrected chi connectivity index (χ1v) is 26.1. The normalized spacial score (nSPS) is 27.8. The zero-order valence-corrected chi connectivity index (χ0v) is 48.8. The van der Waals surface area contributed by atoms with Crippen molar-refractivity contribution in [3.63, 3.8) is 0 Å². The summed E-state index contributed by atoms with van der Waals surface area (Å²) in [6.45, 7) is 29.9. The number of carbonyl (C=O) groups excluding carboxylic acids is 6. The summed E-state index contributed by atoms with van der Waals surface area (Å²) >= 11 is 0. The highest BCUT2D eigenvalue weighted by atomic mass is 16.7. The molecule has 0 radical (unpaired) electrons. The third-order valence-electron chi connectivity index (χ3n) is 11.8. The van der Waals surface area contributed by atoms with Crippen LogP contribution in [0.5, 0.6) is 0 Å². The third kappa shape index (κ3) is 22.4. The van der Waals surface area contributed by atoms with Crippen LogP contribution in [-0.2, 0) is 42.7 Å². The van der Waals surface area contributed by atoms with Gasteiger partial charge in [0.2, 0.25) is 0 Å². The monoisotopic (exact) mass is 1100 g/mol. The smallest absolute Gasteiger partial charge is 0.410 e. The molecule has 0 aromatic heterocycles. The van der Waals surface area contributed by atoms with Gasteiger partial charge in [0.05, 0.1) is 43.9 Å². The van der Waals surface area contributed by atoms with Gasteiger partial charge >= 0.3 is 30.5 Å². The van der Waals surface area contributed by atoms with E-state index in [2.05, 4.69) is 31.9 Å². The zero-order chi connectivity index (χ0) is 59.0. The second-order valence-corrected chi connectivity index (χ2v) is 26.1. The predicted octanol–water partition coefficient (Wildman–Crippen LogP) is 3.43. The lowest BCUT2D eigenvalue weighted by Gasteiger charge is -2.52. The van der Waals surface area contributed by atoms with Crippen LogP contribution in [0, 0.1) is 11.3 Å². The molecule has 12 atom stereocenters. The van der Waals surface area contributed by atoms with Crippen LogP contribution in [0.4, 0.5) is 24.0 Å². The van der Waals surface area contributed by atoms with E-state index in [1.165, 1.54) is 14.0 Å². The zero-order valence-electron chi connectivity index (χ0n) is 48.8. The van der Waals surface area contributed by atoms with Gasteiger partial charge in [-0.1, -0.05) is 13.8 Å². The van der Waals surface area contributed by atoms with Crippen LogP contribution < -0.4 is 31.9 Å². The number of amides is 6. The van der Waals surface area contributed by atoms with Gasteiger partial charge in [0.15, 0.2) is 6.29 Å². The molecule has 3 rings (SSSR count). The maximum atomic E-state index is 14.0. The van der Waals surface area contributed by atoms with Crippen molar-refractivity contribution in [2.75, 3.05) is 39.8 Å². The minimum absolute atomic E-state index is 0.105. The van der Waals surface area contributed by atoms with Gasteiger partial charge in [0.1, 0.15) is 63.8 Å². The van der Waals surface area contributed by atoms with Crippen LogP contribution in [0.15, 0.2) is 11.8 Å². The molecule has 2 heterocycles. The van der Waals surface area contributed by atoms with Crippen molar-refractivity contribution < 1.29 is 87.1 Å². The summed E-state index contributed by atoms with van der Waals surface area (Å²) in [5.74, 6) is -1.98. The maximum absolute atomic E-state index is 14.0. The Morgan fingerprint density at radius 3 is 1.70 bits per heavy atom. The second kappa shape index (κ2) is 25.9. The van der Waals surface area contributed by atoms with Gasteiger partial charge in [0, 0.05) is 32.1 Å². The summed E-state index contributed by atoms with van der Waals surface area (Å²) < 4.78 is 46.7. The first-order valence-electron chi connectivity index (χ1n) is 26.1. The molecule has 1 saturated carbocycles. The molecule has 444 valence electrons. The topological polar surface area (TPSA) is 333 Å². The van der Waals surface area contributed by atoms with E-state index in [1.807, 2.05) is 13.8 Å². The van der Waals surface area contributed by atoms with Crippen molar-refractivity contribution in [1.29, 1.82) is 0 Å². The van der Waals surface area contributed by atoms with E-state index in [0.717, 1.165) is 4.90 Å². The number of rotatable bonds is 16. The Hall–Kier alpha value is -4.92. The minimum atomic E-state index is -1.91. The fraction of sp³-hybridized carbons (Fsp3) is 0.846. The molecule has 2 fully saturated rings. The van der Waals surface area contributed by atoms with Crippen LogP contribution in [0.2, 0.25) is 0 Å². The molecule has 3 aliphatic rings. The highest BCUT2D eigenvalue weighted by Crippen LogP contribution is 2.39. The first kappa shape index (κ1) is 66.4. The molecule has 0 aromatic carbocycles. The molecule has 1 unspecified atom stereocenters. The van der Waals surface area contributed by atoms with Crippen molar-refractivity contribution in [2.24, 2.45) is 11.3 Å². The fourth-order valence-corrected chi connectivity index (χ4v) is 8.77. The van der Waals surface area contributed by atoms with Crippen LogP contribution in [0.3, 0.4) is 0 Å². The number of nitrogens with zero attached hydrogens (tertiary/aromatic N) is 1. The van der Waals surface area contributed by atoms with E-state index in [9.17, 15) is 49.2 Å². The maximum Gasteiger partial charge on any atom is 0.410 e. The molecule has 2 aliphatic heterocycles. The number of hydrogen-bond acceptors (Lipinski definition) is 19. The number of nitrogens with one attached hydrogen (secondary N) is 6. The average molecular weight is 1100 g/mol. The number of hydrogen-bond donors (Lipinski definition) is 10.